The Hall–Kier alpha value is -2.06. The molecule has 24 heavy (non-hydrogen) atoms. The minimum Gasteiger partial charge on any atom is -0.380 e. The molecule has 1 heterocycles. The fourth-order valence-corrected chi connectivity index (χ4v) is 3.37. The Kier molecular flexibility index (Phi) is 6.62. The van der Waals surface area contributed by atoms with E-state index in [1.807, 2.05) is 18.4 Å². The second kappa shape index (κ2) is 8.70. The maximum atomic E-state index is 12.0. The molecule has 0 spiro atoms. The number of benzene rings is 1. The number of nitro benzene ring substituents is 1. The van der Waals surface area contributed by atoms with E-state index in [4.69, 9.17) is 4.74 Å². The molecule has 2 aromatic rings. The third kappa shape index (κ3) is 4.48. The second-order valence-electron chi connectivity index (χ2n) is 5.25. The zero-order chi connectivity index (χ0) is 17.5. The smallest absolute Gasteiger partial charge is 0.270 e. The first-order valence-electron chi connectivity index (χ1n) is 7.99. The minimum absolute atomic E-state index is 0.0320. The number of amides is 1. The zero-order valence-corrected chi connectivity index (χ0v) is 14.7. The van der Waals surface area contributed by atoms with Gasteiger partial charge in [0.15, 0.2) is 4.80 Å². The van der Waals surface area contributed by atoms with E-state index in [-0.39, 0.29) is 11.6 Å². The standard InChI is InChI=1S/C16H21N3O4S/c1-3-5-6-15(20)17-16-18(9-10-23-4-2)13-8-7-12(19(21)22)11-14(13)24-16/h7-8,11H,3-6,9-10H2,1-2H3. The van der Waals surface area contributed by atoms with Crippen molar-refractivity contribution in [3.8, 4) is 0 Å². The highest BCUT2D eigenvalue weighted by molar-refractivity contribution is 7.16. The number of nitro groups is 1. The molecule has 0 unspecified atom stereocenters. The summed E-state index contributed by atoms with van der Waals surface area (Å²) >= 11 is 1.29. The first-order chi connectivity index (χ1) is 11.6. The number of hydrogen-bond donors (Lipinski definition) is 0. The van der Waals surface area contributed by atoms with Gasteiger partial charge >= 0.3 is 0 Å². The van der Waals surface area contributed by atoms with Crippen LogP contribution in [0.5, 0.6) is 0 Å². The van der Waals surface area contributed by atoms with E-state index in [9.17, 15) is 14.9 Å². The van der Waals surface area contributed by atoms with Gasteiger partial charge in [0.1, 0.15) is 0 Å². The van der Waals surface area contributed by atoms with Crippen LogP contribution in [0.4, 0.5) is 5.69 Å². The molecular weight excluding hydrogens is 330 g/mol. The van der Waals surface area contributed by atoms with Gasteiger partial charge in [0.2, 0.25) is 5.91 Å². The Morgan fingerprint density at radius 3 is 2.88 bits per heavy atom. The molecule has 0 N–H and O–H groups in total. The highest BCUT2D eigenvalue weighted by atomic mass is 32.1. The quantitative estimate of drug-likeness (QED) is 0.415. The van der Waals surface area contributed by atoms with Crippen LogP contribution in [-0.4, -0.2) is 28.6 Å². The zero-order valence-electron chi connectivity index (χ0n) is 13.9. The number of non-ortho nitro benzene ring substituents is 1. The van der Waals surface area contributed by atoms with Gasteiger partial charge in [-0.2, -0.15) is 4.99 Å². The maximum Gasteiger partial charge on any atom is 0.270 e. The molecule has 0 atom stereocenters. The van der Waals surface area contributed by atoms with Crippen LogP contribution < -0.4 is 4.80 Å². The average molecular weight is 351 g/mol. The highest BCUT2D eigenvalue weighted by Gasteiger charge is 2.12. The van der Waals surface area contributed by atoms with Gasteiger partial charge in [0, 0.05) is 31.7 Å². The molecule has 0 fully saturated rings. The first-order valence-corrected chi connectivity index (χ1v) is 8.81. The van der Waals surface area contributed by atoms with Crippen molar-refractivity contribution in [1.82, 2.24) is 4.57 Å². The van der Waals surface area contributed by atoms with E-state index in [1.165, 1.54) is 23.5 Å². The van der Waals surface area contributed by atoms with Crippen molar-refractivity contribution in [2.45, 2.75) is 39.7 Å². The molecule has 0 radical (unpaired) electrons. The third-order valence-corrected chi connectivity index (χ3v) is 4.55. The van der Waals surface area contributed by atoms with Crippen LogP contribution in [0.1, 0.15) is 33.1 Å². The number of thiazole rings is 1. The van der Waals surface area contributed by atoms with Crippen molar-refractivity contribution in [2.24, 2.45) is 4.99 Å². The van der Waals surface area contributed by atoms with Gasteiger partial charge in [-0.05, 0) is 19.4 Å². The van der Waals surface area contributed by atoms with Gasteiger partial charge in [-0.3, -0.25) is 14.9 Å². The van der Waals surface area contributed by atoms with E-state index >= 15 is 0 Å². The molecule has 130 valence electrons. The van der Waals surface area contributed by atoms with Crippen molar-refractivity contribution in [2.75, 3.05) is 13.2 Å². The molecule has 7 nitrogen and oxygen atoms in total. The van der Waals surface area contributed by atoms with Crippen molar-refractivity contribution >= 4 is 33.1 Å². The first kappa shape index (κ1) is 18.3. The van der Waals surface area contributed by atoms with Crippen LogP contribution in [0.3, 0.4) is 0 Å². The summed E-state index contributed by atoms with van der Waals surface area (Å²) in [7, 11) is 0. The van der Waals surface area contributed by atoms with Crippen LogP contribution in [0, 0.1) is 10.1 Å². The Labute approximate surface area is 143 Å². The molecule has 0 aliphatic heterocycles. The van der Waals surface area contributed by atoms with E-state index < -0.39 is 4.92 Å². The second-order valence-corrected chi connectivity index (χ2v) is 6.26. The number of carbonyl (C=O) groups is 1. The third-order valence-electron chi connectivity index (χ3n) is 3.51. The average Bonchev–Trinajstić information content (AvgIpc) is 2.89. The fourth-order valence-electron chi connectivity index (χ4n) is 2.27. The van der Waals surface area contributed by atoms with Crippen molar-refractivity contribution < 1.29 is 14.5 Å². The molecule has 0 aliphatic carbocycles. The monoisotopic (exact) mass is 351 g/mol. The summed E-state index contributed by atoms with van der Waals surface area (Å²) in [6, 6.07) is 4.69. The van der Waals surface area contributed by atoms with E-state index in [0.717, 1.165) is 23.1 Å². The molecule has 0 saturated heterocycles. The largest absolute Gasteiger partial charge is 0.380 e. The molecule has 2 rings (SSSR count). The number of rotatable bonds is 8. The van der Waals surface area contributed by atoms with Crippen LogP contribution in [-0.2, 0) is 16.1 Å². The van der Waals surface area contributed by atoms with Crippen molar-refractivity contribution in [3.05, 3.63) is 33.1 Å². The lowest BCUT2D eigenvalue weighted by molar-refractivity contribution is -0.384. The highest BCUT2D eigenvalue weighted by Crippen LogP contribution is 2.23. The fraction of sp³-hybridized carbons (Fsp3) is 0.500. The van der Waals surface area contributed by atoms with Gasteiger partial charge in [0.05, 0.1) is 21.7 Å². The minimum atomic E-state index is -0.424. The Morgan fingerprint density at radius 1 is 1.42 bits per heavy atom. The topological polar surface area (TPSA) is 86.7 Å². The number of fused-ring (bicyclic) bond motifs is 1. The molecule has 0 aliphatic rings. The number of aromatic nitrogens is 1. The number of nitrogens with zero attached hydrogens (tertiary/aromatic N) is 3. The molecule has 0 bridgehead atoms. The Bertz CT molecular complexity index is 794. The number of ether oxygens (including phenoxy) is 1. The normalized spacial score (nSPS) is 12.0. The summed E-state index contributed by atoms with van der Waals surface area (Å²) < 4.78 is 8.02. The summed E-state index contributed by atoms with van der Waals surface area (Å²) in [6.07, 6.45) is 2.15. The van der Waals surface area contributed by atoms with E-state index in [0.29, 0.717) is 31.0 Å². The summed E-state index contributed by atoms with van der Waals surface area (Å²) in [5.41, 5.74) is 0.858. The van der Waals surface area contributed by atoms with Crippen molar-refractivity contribution in [3.63, 3.8) is 0 Å². The predicted octanol–water partition coefficient (Wildman–Crippen LogP) is 3.27. The lowest BCUT2D eigenvalue weighted by Gasteiger charge is -2.05. The van der Waals surface area contributed by atoms with Gasteiger partial charge in [-0.15, -0.1) is 0 Å². The van der Waals surface area contributed by atoms with E-state index in [1.54, 1.807) is 6.07 Å². The number of carbonyl (C=O) groups excluding carboxylic acids is 1. The lowest BCUT2D eigenvalue weighted by atomic mass is 10.2. The molecular formula is C16H21N3O4S. The van der Waals surface area contributed by atoms with Crippen LogP contribution in [0.2, 0.25) is 0 Å². The Balaban J connectivity index is 2.46. The summed E-state index contributed by atoms with van der Waals surface area (Å²) in [4.78, 5) is 27.3. The van der Waals surface area contributed by atoms with Gasteiger partial charge in [-0.1, -0.05) is 24.7 Å². The predicted molar refractivity (Wildman–Crippen MR) is 93.1 cm³/mol. The lowest BCUT2D eigenvalue weighted by Crippen LogP contribution is -2.19. The van der Waals surface area contributed by atoms with E-state index in [2.05, 4.69) is 4.99 Å². The van der Waals surface area contributed by atoms with Crippen molar-refractivity contribution in [1.29, 1.82) is 0 Å². The molecule has 1 aromatic heterocycles. The van der Waals surface area contributed by atoms with Gasteiger partial charge in [0.25, 0.3) is 5.69 Å². The van der Waals surface area contributed by atoms with Gasteiger partial charge < -0.3 is 9.30 Å². The molecule has 1 aromatic carbocycles. The molecule has 1 amide bonds. The number of hydrogen-bond acceptors (Lipinski definition) is 5. The summed E-state index contributed by atoms with van der Waals surface area (Å²) in [5.74, 6) is -0.164. The molecule has 0 saturated carbocycles. The Morgan fingerprint density at radius 2 is 2.21 bits per heavy atom. The van der Waals surface area contributed by atoms with Gasteiger partial charge in [-0.25, -0.2) is 0 Å². The summed E-state index contributed by atoms with van der Waals surface area (Å²) in [5, 5.41) is 10.9. The number of unbranched alkanes of at least 4 members (excludes halogenated alkanes) is 1. The van der Waals surface area contributed by atoms with Crippen LogP contribution >= 0.6 is 11.3 Å². The van der Waals surface area contributed by atoms with Crippen LogP contribution in [0.15, 0.2) is 23.2 Å². The molecule has 8 heteroatoms. The maximum absolute atomic E-state index is 12.0. The SMILES string of the molecule is CCCCC(=O)N=c1sc2cc([N+](=O)[O-])ccc2n1CCOCC. The summed E-state index contributed by atoms with van der Waals surface area (Å²) in [6.45, 7) is 5.59. The van der Waals surface area contributed by atoms with Crippen LogP contribution in [0.25, 0.3) is 10.2 Å².